The third kappa shape index (κ3) is 2.90. The zero-order chi connectivity index (χ0) is 19.2. The van der Waals surface area contributed by atoms with Gasteiger partial charge in [-0.25, -0.2) is 13.2 Å². The van der Waals surface area contributed by atoms with Crippen molar-refractivity contribution >= 4 is 49.9 Å². The second-order valence-corrected chi connectivity index (χ2v) is 8.11. The molecule has 0 atom stereocenters. The molecule has 0 spiro atoms. The van der Waals surface area contributed by atoms with E-state index >= 15 is 0 Å². The van der Waals surface area contributed by atoms with Crippen molar-refractivity contribution < 1.29 is 18.3 Å². The number of aliphatic hydroxyl groups excluding tert-OH is 1. The average Bonchev–Trinajstić information content (AvgIpc) is 2.64. The number of nitrogens with zero attached hydrogens (tertiary/aromatic N) is 1. The monoisotopic (exact) mass is 400 g/mol. The minimum Gasteiger partial charge on any atom is -0.506 e. The van der Waals surface area contributed by atoms with Crippen molar-refractivity contribution in [2.45, 2.75) is 4.90 Å². The minimum absolute atomic E-state index is 0.109. The van der Waals surface area contributed by atoms with Crippen molar-refractivity contribution in [2.24, 2.45) is 0 Å². The van der Waals surface area contributed by atoms with Crippen LogP contribution in [0.2, 0.25) is 5.02 Å². The first-order valence-corrected chi connectivity index (χ1v) is 9.73. The number of carbonyl (C=O) groups is 1. The van der Waals surface area contributed by atoms with Crippen LogP contribution < -0.4 is 5.32 Å². The normalized spacial score (nSPS) is 15.1. The topological polar surface area (TPSA) is 86.7 Å². The molecular weight excluding hydrogens is 388 g/mol. The third-order valence-corrected chi connectivity index (χ3v) is 6.17. The summed E-state index contributed by atoms with van der Waals surface area (Å²) in [7, 11) is -4.22. The van der Waals surface area contributed by atoms with Crippen LogP contribution in [-0.2, 0) is 10.0 Å². The van der Waals surface area contributed by atoms with Gasteiger partial charge in [0, 0.05) is 21.7 Å². The Morgan fingerprint density at radius 3 is 2.59 bits per heavy atom. The molecule has 1 heterocycles. The van der Waals surface area contributed by atoms with Gasteiger partial charge < -0.3 is 10.4 Å². The Labute approximate surface area is 160 Å². The molecular formula is C19H13ClN2O4S. The molecule has 27 heavy (non-hydrogen) atoms. The maximum atomic E-state index is 13.1. The van der Waals surface area contributed by atoms with E-state index in [2.05, 4.69) is 5.32 Å². The summed E-state index contributed by atoms with van der Waals surface area (Å²) in [4.78, 5) is 12.5. The van der Waals surface area contributed by atoms with Crippen LogP contribution in [0.3, 0.4) is 0 Å². The van der Waals surface area contributed by atoms with Gasteiger partial charge in [-0.2, -0.15) is 4.31 Å². The fraction of sp³-hybridized carbons (Fsp3) is 0. The molecule has 0 unspecified atom stereocenters. The van der Waals surface area contributed by atoms with Gasteiger partial charge in [0.1, 0.15) is 10.7 Å². The fourth-order valence-electron chi connectivity index (χ4n) is 2.98. The lowest BCUT2D eigenvalue weighted by Gasteiger charge is -2.26. The first-order chi connectivity index (χ1) is 12.9. The first kappa shape index (κ1) is 17.4. The Morgan fingerprint density at radius 1 is 1.04 bits per heavy atom. The zero-order valence-electron chi connectivity index (χ0n) is 13.8. The average molecular weight is 401 g/mol. The Bertz CT molecular complexity index is 1220. The van der Waals surface area contributed by atoms with Gasteiger partial charge in [-0.1, -0.05) is 48.0 Å². The molecule has 4 rings (SSSR count). The van der Waals surface area contributed by atoms with Crippen molar-refractivity contribution in [3.8, 4) is 0 Å². The number of hydrogen-bond acceptors (Lipinski definition) is 4. The summed E-state index contributed by atoms with van der Waals surface area (Å²) in [5.74, 6) is -0.313. The predicted molar refractivity (Wildman–Crippen MR) is 104 cm³/mol. The largest absolute Gasteiger partial charge is 0.506 e. The van der Waals surface area contributed by atoms with Gasteiger partial charge in [-0.3, -0.25) is 0 Å². The molecule has 1 aliphatic rings. The van der Waals surface area contributed by atoms with E-state index in [0.717, 1.165) is 6.20 Å². The number of fused-ring (bicyclic) bond motifs is 3. The van der Waals surface area contributed by atoms with Crippen LogP contribution in [0.5, 0.6) is 0 Å². The molecule has 6 nitrogen and oxygen atoms in total. The zero-order valence-corrected chi connectivity index (χ0v) is 15.3. The molecule has 0 aromatic heterocycles. The number of anilines is 1. The molecule has 136 valence electrons. The molecule has 2 amide bonds. The van der Waals surface area contributed by atoms with Crippen molar-refractivity contribution in [2.75, 3.05) is 5.32 Å². The number of nitrogens with one attached hydrogen (secondary N) is 1. The van der Waals surface area contributed by atoms with E-state index in [4.69, 9.17) is 11.6 Å². The summed E-state index contributed by atoms with van der Waals surface area (Å²) < 4.78 is 26.8. The van der Waals surface area contributed by atoms with Crippen LogP contribution in [0.25, 0.3) is 16.5 Å². The summed E-state index contributed by atoms with van der Waals surface area (Å²) in [6, 6.07) is 15.5. The summed E-state index contributed by atoms with van der Waals surface area (Å²) in [5, 5.41) is 14.3. The molecule has 3 aromatic carbocycles. The third-order valence-electron chi connectivity index (χ3n) is 4.19. The highest BCUT2D eigenvalue weighted by Gasteiger charge is 2.37. The Balaban J connectivity index is 1.82. The molecule has 0 aliphatic carbocycles. The van der Waals surface area contributed by atoms with E-state index in [1.807, 2.05) is 0 Å². The summed E-state index contributed by atoms with van der Waals surface area (Å²) in [5.41, 5.74) is 0.486. The lowest BCUT2D eigenvalue weighted by molar-refractivity contribution is 0.243. The second-order valence-electron chi connectivity index (χ2n) is 5.92. The number of aliphatic hydroxyl groups is 1. The van der Waals surface area contributed by atoms with E-state index in [1.165, 1.54) is 12.1 Å². The highest BCUT2D eigenvalue weighted by atomic mass is 35.5. The molecule has 0 fully saturated rings. The molecule has 0 radical (unpaired) electrons. The lowest BCUT2D eigenvalue weighted by Crippen LogP contribution is -2.38. The quantitative estimate of drug-likeness (QED) is 0.625. The van der Waals surface area contributed by atoms with E-state index in [1.54, 1.807) is 48.5 Å². The Morgan fingerprint density at radius 2 is 1.81 bits per heavy atom. The van der Waals surface area contributed by atoms with Crippen molar-refractivity contribution in [3.05, 3.63) is 77.4 Å². The van der Waals surface area contributed by atoms with E-state index < -0.39 is 16.1 Å². The fourth-order valence-corrected chi connectivity index (χ4v) is 4.79. The van der Waals surface area contributed by atoms with Gasteiger partial charge in [-0.05, 0) is 29.7 Å². The summed E-state index contributed by atoms with van der Waals surface area (Å²) in [6.07, 6.45) is 0.895. The summed E-state index contributed by atoms with van der Waals surface area (Å²) >= 11 is 5.89. The summed E-state index contributed by atoms with van der Waals surface area (Å²) in [6.45, 7) is 0. The number of rotatable bonds is 1. The number of sulfonamides is 1. The lowest BCUT2D eigenvalue weighted by atomic mass is 10.1. The number of amides is 2. The number of hydrogen-bond donors (Lipinski definition) is 2. The second kappa shape index (κ2) is 6.29. The van der Waals surface area contributed by atoms with E-state index in [9.17, 15) is 18.3 Å². The highest BCUT2D eigenvalue weighted by molar-refractivity contribution is 7.90. The molecule has 2 N–H and O–H groups in total. The van der Waals surface area contributed by atoms with Crippen LogP contribution in [0, 0.1) is 0 Å². The van der Waals surface area contributed by atoms with Gasteiger partial charge >= 0.3 is 6.03 Å². The van der Waals surface area contributed by atoms with Gasteiger partial charge in [0.15, 0.2) is 0 Å². The Kier molecular flexibility index (Phi) is 4.05. The number of carbonyl (C=O) groups excluding carboxylic acids is 1. The number of benzene rings is 3. The molecule has 3 aromatic rings. The van der Waals surface area contributed by atoms with Crippen LogP contribution in [0.15, 0.2) is 71.8 Å². The van der Waals surface area contributed by atoms with Crippen molar-refractivity contribution in [1.82, 2.24) is 4.31 Å². The van der Waals surface area contributed by atoms with E-state index in [0.29, 0.717) is 25.8 Å². The standard InChI is InChI=1S/C19H13ClN2O4S/c20-13-5-3-6-14(10-13)21-19(24)22-11-17(23)16-9-8-12-4-1-2-7-15(12)18(16)27(22,25)26/h1-11,23H,(H,21,24). The van der Waals surface area contributed by atoms with Gasteiger partial charge in [0.05, 0.1) is 6.20 Å². The van der Waals surface area contributed by atoms with Gasteiger partial charge in [0.2, 0.25) is 0 Å². The van der Waals surface area contributed by atoms with Crippen LogP contribution in [0.4, 0.5) is 10.5 Å². The van der Waals surface area contributed by atoms with E-state index in [-0.39, 0.29) is 16.2 Å². The van der Waals surface area contributed by atoms with Crippen LogP contribution >= 0.6 is 11.6 Å². The maximum Gasteiger partial charge on any atom is 0.340 e. The molecule has 0 bridgehead atoms. The van der Waals surface area contributed by atoms with Gasteiger partial charge in [0.25, 0.3) is 10.0 Å². The van der Waals surface area contributed by atoms with Crippen LogP contribution in [0.1, 0.15) is 5.56 Å². The highest BCUT2D eigenvalue weighted by Crippen LogP contribution is 2.36. The number of halogens is 1. The smallest absolute Gasteiger partial charge is 0.340 e. The molecule has 0 saturated carbocycles. The minimum atomic E-state index is -4.22. The molecule has 0 saturated heterocycles. The van der Waals surface area contributed by atoms with Gasteiger partial charge in [-0.15, -0.1) is 0 Å². The van der Waals surface area contributed by atoms with Crippen molar-refractivity contribution in [1.29, 1.82) is 0 Å². The SMILES string of the molecule is O=C(Nc1cccc(Cl)c1)N1C=C(O)c2ccc3ccccc3c2S1(=O)=O. The molecule has 8 heteroatoms. The molecule has 1 aliphatic heterocycles. The van der Waals surface area contributed by atoms with Crippen molar-refractivity contribution in [3.63, 3.8) is 0 Å². The predicted octanol–water partition coefficient (Wildman–Crippen LogP) is 4.59. The Hall–Kier alpha value is -3.03. The van der Waals surface area contributed by atoms with Crippen LogP contribution in [-0.4, -0.2) is 23.9 Å². The number of urea groups is 1. The maximum absolute atomic E-state index is 13.1. The first-order valence-electron chi connectivity index (χ1n) is 7.92.